The smallest absolute Gasteiger partial charge is 0.333 e. The third-order valence-corrected chi connectivity index (χ3v) is 6.22. The van der Waals surface area contributed by atoms with Crippen LogP contribution in [0.1, 0.15) is 23.9 Å². The van der Waals surface area contributed by atoms with E-state index in [4.69, 9.17) is 32.6 Å². The molecule has 4 rings (SSSR count). The normalized spacial score (nSPS) is 24.6. The molecule has 12 heteroatoms. The molecule has 0 bridgehead atoms. The molecule has 4 N–H and O–H groups in total. The molecule has 0 saturated carbocycles. The van der Waals surface area contributed by atoms with Crippen LogP contribution >= 0.6 is 11.6 Å². The first-order valence-corrected chi connectivity index (χ1v) is 11.6. The summed E-state index contributed by atoms with van der Waals surface area (Å²) in [4.78, 5) is 24.4. The number of hydrogen-bond acceptors (Lipinski definition) is 9. The minimum Gasteiger partial charge on any atom is -0.479 e. The van der Waals surface area contributed by atoms with E-state index in [1.165, 1.54) is 10.9 Å². The number of ether oxygens (including phenoxy) is 2. The van der Waals surface area contributed by atoms with Gasteiger partial charge in [0.05, 0.1) is 18.6 Å². The van der Waals surface area contributed by atoms with Crippen molar-refractivity contribution in [3.63, 3.8) is 0 Å². The van der Waals surface area contributed by atoms with Gasteiger partial charge in [-0.1, -0.05) is 36.3 Å². The van der Waals surface area contributed by atoms with Crippen LogP contribution in [0.15, 0.2) is 36.7 Å². The number of carboxylic acid groups (broad SMARTS) is 1. The van der Waals surface area contributed by atoms with Gasteiger partial charge >= 0.3 is 5.97 Å². The van der Waals surface area contributed by atoms with Gasteiger partial charge in [-0.15, -0.1) is 6.42 Å². The van der Waals surface area contributed by atoms with Crippen LogP contribution < -0.4 is 0 Å². The number of rotatable bonds is 10. The first-order valence-electron chi connectivity index (χ1n) is 11.2. The number of imidazole rings is 1. The summed E-state index contributed by atoms with van der Waals surface area (Å²) in [6.45, 7) is -0.449. The van der Waals surface area contributed by atoms with Crippen molar-refractivity contribution in [2.24, 2.45) is 0 Å². The van der Waals surface area contributed by atoms with Crippen molar-refractivity contribution in [2.75, 3.05) is 13.2 Å². The molecule has 1 aromatic carbocycles. The molecule has 5 atom stereocenters. The number of nitrogens with zero attached hydrogens (tertiary/aromatic N) is 4. The van der Waals surface area contributed by atoms with Crippen LogP contribution in [0.3, 0.4) is 0 Å². The molecule has 36 heavy (non-hydrogen) atoms. The number of carboxylic acids is 1. The fraction of sp³-hybridized carbons (Fsp3) is 0.417. The van der Waals surface area contributed by atoms with E-state index in [1.54, 1.807) is 24.3 Å². The Hall–Kier alpha value is -3.11. The summed E-state index contributed by atoms with van der Waals surface area (Å²) in [5, 5.41) is 40.7. The molecule has 3 aromatic rings. The number of aromatic nitrogens is 4. The zero-order valence-corrected chi connectivity index (χ0v) is 19.8. The van der Waals surface area contributed by atoms with Gasteiger partial charge in [-0.3, -0.25) is 4.57 Å². The Labute approximate surface area is 211 Å². The molecular formula is C24H25ClN4O7. The predicted molar refractivity (Wildman–Crippen MR) is 127 cm³/mol. The maximum absolute atomic E-state index is 11.8. The Morgan fingerprint density at radius 2 is 2.08 bits per heavy atom. The zero-order valence-electron chi connectivity index (χ0n) is 19.1. The number of aliphatic carboxylic acids is 1. The van der Waals surface area contributed by atoms with Crippen molar-refractivity contribution in [1.82, 2.24) is 19.5 Å². The number of benzene rings is 1. The fourth-order valence-corrected chi connectivity index (χ4v) is 4.30. The van der Waals surface area contributed by atoms with Crippen molar-refractivity contribution < 1.29 is 34.7 Å². The number of carbonyl (C=O) groups is 1. The minimum absolute atomic E-state index is 0.0488. The summed E-state index contributed by atoms with van der Waals surface area (Å²) in [6, 6.07) is 8.93. The van der Waals surface area contributed by atoms with Gasteiger partial charge in [0.15, 0.2) is 23.6 Å². The van der Waals surface area contributed by atoms with Crippen LogP contribution in [0.5, 0.6) is 0 Å². The van der Waals surface area contributed by atoms with E-state index < -0.39 is 42.7 Å². The standard InChI is InChI=1S/C24H25ClN4O7/c1-2-24(34)17(12-35-16(22(32)33)11-14-7-4-3-5-8-14)36-21(19(24)31)29-13-26-18-15(9-6-10-30)27-23(25)28-20(18)29/h1,3-5,7-8,13,16-17,19,21,30-31,34H,6,9-12H2,(H,32,33)/t16?,17-,19+,21-,24-/m1/s1. The summed E-state index contributed by atoms with van der Waals surface area (Å²) >= 11 is 6.08. The maximum Gasteiger partial charge on any atom is 0.333 e. The molecule has 0 spiro atoms. The van der Waals surface area contributed by atoms with Crippen LogP contribution in [0.4, 0.5) is 0 Å². The lowest BCUT2D eigenvalue weighted by atomic mass is 9.93. The molecule has 1 fully saturated rings. The Kier molecular flexibility index (Phi) is 7.85. The summed E-state index contributed by atoms with van der Waals surface area (Å²) in [6.07, 6.45) is 2.48. The number of aliphatic hydroxyl groups is 3. The second-order valence-electron chi connectivity index (χ2n) is 8.37. The van der Waals surface area contributed by atoms with Crippen LogP contribution in [0.25, 0.3) is 11.2 Å². The maximum atomic E-state index is 11.8. The number of hydrogen-bond donors (Lipinski definition) is 4. The van der Waals surface area contributed by atoms with Gasteiger partial charge in [-0.05, 0) is 30.0 Å². The van der Waals surface area contributed by atoms with E-state index in [2.05, 4.69) is 20.9 Å². The van der Waals surface area contributed by atoms with Crippen molar-refractivity contribution in [2.45, 2.75) is 49.4 Å². The van der Waals surface area contributed by atoms with E-state index in [1.807, 2.05) is 6.07 Å². The molecule has 190 valence electrons. The largest absolute Gasteiger partial charge is 0.479 e. The molecule has 2 aromatic heterocycles. The highest BCUT2D eigenvalue weighted by atomic mass is 35.5. The molecule has 0 radical (unpaired) electrons. The summed E-state index contributed by atoms with van der Waals surface area (Å²) in [5.74, 6) is 0.972. The van der Waals surface area contributed by atoms with Gasteiger partial charge < -0.3 is 29.9 Å². The summed E-state index contributed by atoms with van der Waals surface area (Å²) in [5.41, 5.74) is -0.307. The van der Waals surface area contributed by atoms with Gasteiger partial charge in [-0.2, -0.15) is 4.98 Å². The van der Waals surface area contributed by atoms with E-state index in [0.717, 1.165) is 5.56 Å². The SMILES string of the molecule is C#C[C@@]1(O)[C@@H](COC(Cc2ccccc2)C(=O)O)O[C@@H](n2cnc3c(CCCO)nc(Cl)nc32)[C@@H]1O. The molecule has 11 nitrogen and oxygen atoms in total. The molecule has 3 heterocycles. The number of aliphatic hydroxyl groups excluding tert-OH is 2. The highest BCUT2D eigenvalue weighted by molar-refractivity contribution is 6.28. The van der Waals surface area contributed by atoms with Gasteiger partial charge in [-0.25, -0.2) is 14.8 Å². The third-order valence-electron chi connectivity index (χ3n) is 6.05. The van der Waals surface area contributed by atoms with Gasteiger partial charge in [0.2, 0.25) is 5.28 Å². The highest BCUT2D eigenvalue weighted by Crippen LogP contribution is 2.38. The molecule has 0 aliphatic carbocycles. The first kappa shape index (κ1) is 26.0. The summed E-state index contributed by atoms with van der Waals surface area (Å²) < 4.78 is 12.9. The van der Waals surface area contributed by atoms with E-state index in [-0.39, 0.29) is 24.0 Å². The lowest BCUT2D eigenvalue weighted by molar-refractivity contribution is -0.156. The van der Waals surface area contributed by atoms with Crippen LogP contribution in [0.2, 0.25) is 5.28 Å². The Bertz CT molecular complexity index is 1260. The quantitative estimate of drug-likeness (QED) is 0.223. The van der Waals surface area contributed by atoms with Crippen molar-refractivity contribution in [1.29, 1.82) is 0 Å². The van der Waals surface area contributed by atoms with E-state index >= 15 is 0 Å². The fourth-order valence-electron chi connectivity index (χ4n) is 4.12. The molecule has 1 aliphatic rings. The highest BCUT2D eigenvalue weighted by Gasteiger charge is 2.56. The van der Waals surface area contributed by atoms with E-state index in [9.17, 15) is 20.1 Å². The minimum atomic E-state index is -2.19. The van der Waals surface area contributed by atoms with Crippen LogP contribution in [-0.2, 0) is 27.1 Å². The molecule has 1 aliphatic heterocycles. The first-order chi connectivity index (χ1) is 17.3. The second-order valence-corrected chi connectivity index (χ2v) is 8.71. The van der Waals surface area contributed by atoms with Gasteiger partial charge in [0.25, 0.3) is 0 Å². The predicted octanol–water partition coefficient (Wildman–Crippen LogP) is 0.740. The van der Waals surface area contributed by atoms with Gasteiger partial charge in [0.1, 0.15) is 17.7 Å². The van der Waals surface area contributed by atoms with E-state index in [0.29, 0.717) is 24.1 Å². The Morgan fingerprint density at radius 3 is 2.75 bits per heavy atom. The average Bonchev–Trinajstić information content (AvgIpc) is 3.39. The van der Waals surface area contributed by atoms with Crippen molar-refractivity contribution in [3.05, 3.63) is 53.2 Å². The molecular weight excluding hydrogens is 492 g/mol. The van der Waals surface area contributed by atoms with Crippen molar-refractivity contribution >= 4 is 28.7 Å². The third kappa shape index (κ3) is 5.05. The zero-order chi connectivity index (χ0) is 25.9. The molecule has 0 amide bonds. The van der Waals surface area contributed by atoms with Crippen LogP contribution in [-0.4, -0.2) is 83.0 Å². The lowest BCUT2D eigenvalue weighted by Gasteiger charge is -2.26. The second kappa shape index (κ2) is 10.9. The Balaban J connectivity index is 1.57. The lowest BCUT2D eigenvalue weighted by Crippen LogP contribution is -2.48. The number of terminal acetylenes is 1. The number of fused-ring (bicyclic) bond motifs is 1. The van der Waals surface area contributed by atoms with Crippen molar-refractivity contribution in [3.8, 4) is 12.3 Å². The van der Waals surface area contributed by atoms with Gasteiger partial charge in [0, 0.05) is 13.0 Å². The molecule has 1 saturated heterocycles. The summed E-state index contributed by atoms with van der Waals surface area (Å²) in [7, 11) is 0. The Morgan fingerprint density at radius 1 is 1.33 bits per heavy atom. The van der Waals surface area contributed by atoms with Crippen LogP contribution in [0, 0.1) is 12.3 Å². The topological polar surface area (TPSA) is 160 Å². The number of halogens is 1. The molecule has 1 unspecified atom stereocenters. The monoisotopic (exact) mass is 516 g/mol. The number of aryl methyl sites for hydroxylation is 1. The average molecular weight is 517 g/mol.